The third-order valence-electron chi connectivity index (χ3n) is 3.39. The molecule has 0 bridgehead atoms. The first kappa shape index (κ1) is 14.9. The Labute approximate surface area is 121 Å². The van der Waals surface area contributed by atoms with Gasteiger partial charge in [0.1, 0.15) is 5.54 Å². The van der Waals surface area contributed by atoms with E-state index in [4.69, 9.17) is 0 Å². The number of aliphatic carboxylic acids is 1. The fraction of sp³-hybridized carbons (Fsp3) is 0.462. The van der Waals surface area contributed by atoms with Crippen molar-refractivity contribution >= 4 is 17.7 Å². The first-order valence-electron chi connectivity index (χ1n) is 6.54. The minimum atomic E-state index is -1.35. The van der Waals surface area contributed by atoms with Gasteiger partial charge in [0.15, 0.2) is 0 Å². The van der Waals surface area contributed by atoms with E-state index in [-0.39, 0.29) is 12.2 Å². The molecule has 2 heterocycles. The van der Waals surface area contributed by atoms with Gasteiger partial charge in [-0.2, -0.15) is 4.98 Å². The molecule has 0 saturated carbocycles. The molecule has 0 radical (unpaired) electrons. The van der Waals surface area contributed by atoms with E-state index in [9.17, 15) is 14.7 Å². The molecule has 1 atom stereocenters. The average molecular weight is 291 g/mol. The van der Waals surface area contributed by atoms with Crippen LogP contribution in [-0.4, -0.2) is 42.1 Å². The Hall–Kier alpha value is -2.51. The zero-order valence-electron chi connectivity index (χ0n) is 12.3. The van der Waals surface area contributed by atoms with Gasteiger partial charge in [-0.3, -0.25) is 4.79 Å². The van der Waals surface area contributed by atoms with Crippen LogP contribution >= 0.6 is 0 Å². The lowest BCUT2D eigenvalue weighted by Gasteiger charge is -2.23. The fourth-order valence-corrected chi connectivity index (χ4v) is 1.86. The number of aryl methyl sites for hydroxylation is 2. The number of rotatable bonds is 4. The third kappa shape index (κ3) is 2.69. The Morgan fingerprint density at radius 2 is 2.05 bits per heavy atom. The van der Waals surface area contributed by atoms with Crippen LogP contribution in [0.4, 0.5) is 0 Å². The van der Waals surface area contributed by atoms with Crippen molar-refractivity contribution in [2.75, 3.05) is 0 Å². The van der Waals surface area contributed by atoms with Crippen LogP contribution in [0.2, 0.25) is 0 Å². The van der Waals surface area contributed by atoms with Gasteiger partial charge in [-0.25, -0.2) is 14.3 Å². The van der Waals surface area contributed by atoms with Gasteiger partial charge in [0.05, 0.1) is 0 Å². The lowest BCUT2D eigenvalue weighted by Crippen LogP contribution is -2.52. The summed E-state index contributed by atoms with van der Waals surface area (Å²) < 4.78 is 1.45. The highest BCUT2D eigenvalue weighted by atomic mass is 16.4. The van der Waals surface area contributed by atoms with E-state index in [1.54, 1.807) is 6.92 Å². The summed E-state index contributed by atoms with van der Waals surface area (Å²) in [4.78, 5) is 31.6. The highest BCUT2D eigenvalue weighted by Crippen LogP contribution is 2.11. The summed E-state index contributed by atoms with van der Waals surface area (Å²) in [6, 6.07) is 1.82. The molecule has 112 valence electrons. The third-order valence-corrected chi connectivity index (χ3v) is 3.39. The molecule has 0 aliphatic rings. The molecule has 2 rings (SSSR count). The summed E-state index contributed by atoms with van der Waals surface area (Å²) in [5.41, 5.74) is 0.205. The molecule has 8 heteroatoms. The van der Waals surface area contributed by atoms with Gasteiger partial charge in [-0.1, -0.05) is 6.92 Å². The number of carbonyl (C=O) groups excluding carboxylic acids is 1. The van der Waals surface area contributed by atoms with Gasteiger partial charge in [-0.05, 0) is 33.3 Å². The highest BCUT2D eigenvalue weighted by molar-refractivity contribution is 5.95. The predicted octanol–water partition coefficient (Wildman–Crippen LogP) is 0.724. The van der Waals surface area contributed by atoms with Crippen molar-refractivity contribution < 1.29 is 14.7 Å². The van der Waals surface area contributed by atoms with Crippen LogP contribution in [0, 0.1) is 13.8 Å². The van der Waals surface area contributed by atoms with E-state index < -0.39 is 17.4 Å². The normalized spacial score (nSPS) is 13.9. The molecular formula is C13H17N5O3. The SMILES string of the molecule is CCC(C)(NC(=O)c1nc2nc(C)cc(C)n2n1)C(=O)O. The summed E-state index contributed by atoms with van der Waals surface area (Å²) in [6.45, 7) is 6.77. The lowest BCUT2D eigenvalue weighted by atomic mass is 9.99. The number of hydrogen-bond acceptors (Lipinski definition) is 5. The minimum absolute atomic E-state index is 0.0999. The molecule has 8 nitrogen and oxygen atoms in total. The van der Waals surface area contributed by atoms with Crippen LogP contribution in [0.3, 0.4) is 0 Å². The highest BCUT2D eigenvalue weighted by Gasteiger charge is 2.34. The topological polar surface area (TPSA) is 109 Å². The van der Waals surface area contributed by atoms with E-state index >= 15 is 0 Å². The van der Waals surface area contributed by atoms with Crippen molar-refractivity contribution in [3.05, 3.63) is 23.3 Å². The summed E-state index contributed by atoms with van der Waals surface area (Å²) in [7, 11) is 0. The molecule has 0 aliphatic carbocycles. The number of nitrogens with zero attached hydrogens (tertiary/aromatic N) is 4. The van der Waals surface area contributed by atoms with Crippen molar-refractivity contribution in [3.63, 3.8) is 0 Å². The molecule has 1 unspecified atom stereocenters. The Kier molecular flexibility index (Phi) is 3.63. The first-order chi connectivity index (χ1) is 9.76. The lowest BCUT2D eigenvalue weighted by molar-refractivity contribution is -0.143. The van der Waals surface area contributed by atoms with Crippen molar-refractivity contribution in [3.8, 4) is 0 Å². The van der Waals surface area contributed by atoms with Gasteiger partial charge in [0, 0.05) is 11.4 Å². The molecule has 0 spiro atoms. The van der Waals surface area contributed by atoms with E-state index in [1.165, 1.54) is 11.4 Å². The van der Waals surface area contributed by atoms with E-state index in [0.29, 0.717) is 5.78 Å². The van der Waals surface area contributed by atoms with Crippen molar-refractivity contribution in [1.82, 2.24) is 24.9 Å². The predicted molar refractivity (Wildman–Crippen MR) is 74.1 cm³/mol. The van der Waals surface area contributed by atoms with Gasteiger partial charge in [-0.15, -0.1) is 5.10 Å². The van der Waals surface area contributed by atoms with Gasteiger partial charge < -0.3 is 10.4 Å². The van der Waals surface area contributed by atoms with Crippen LogP contribution in [0.5, 0.6) is 0 Å². The smallest absolute Gasteiger partial charge is 0.329 e. The average Bonchev–Trinajstić information content (AvgIpc) is 2.82. The van der Waals surface area contributed by atoms with Crippen LogP contribution in [0.25, 0.3) is 5.78 Å². The first-order valence-corrected chi connectivity index (χ1v) is 6.54. The van der Waals surface area contributed by atoms with Crippen LogP contribution in [0.1, 0.15) is 42.3 Å². The standard InChI is InChI=1S/C13H17N5O3/c1-5-13(4,11(20)21)16-10(19)9-15-12-14-7(2)6-8(3)18(12)17-9/h6H,5H2,1-4H3,(H,16,19)(H,20,21). The molecule has 2 N–H and O–H groups in total. The van der Waals surface area contributed by atoms with Crippen LogP contribution in [0.15, 0.2) is 6.07 Å². The molecule has 2 aromatic rings. The number of aromatic nitrogens is 4. The quantitative estimate of drug-likeness (QED) is 0.859. The maximum Gasteiger partial charge on any atom is 0.329 e. The maximum absolute atomic E-state index is 12.1. The second-order valence-electron chi connectivity index (χ2n) is 5.13. The Bertz CT molecular complexity index is 724. The van der Waals surface area contributed by atoms with Gasteiger partial charge in [0.25, 0.3) is 11.7 Å². The number of hydrogen-bond donors (Lipinski definition) is 2. The number of carboxylic acid groups (broad SMARTS) is 1. The second-order valence-corrected chi connectivity index (χ2v) is 5.13. The van der Waals surface area contributed by atoms with E-state index in [1.807, 2.05) is 19.9 Å². The Balaban J connectivity index is 2.36. The number of carbonyl (C=O) groups is 2. The summed E-state index contributed by atoms with van der Waals surface area (Å²) in [6.07, 6.45) is 0.248. The molecule has 0 aliphatic heterocycles. The minimum Gasteiger partial charge on any atom is -0.480 e. The molecule has 21 heavy (non-hydrogen) atoms. The summed E-state index contributed by atoms with van der Waals surface area (Å²) in [5.74, 6) is -1.53. The molecule has 0 aromatic carbocycles. The summed E-state index contributed by atoms with van der Waals surface area (Å²) >= 11 is 0. The zero-order valence-corrected chi connectivity index (χ0v) is 12.3. The molecule has 1 amide bonds. The number of carboxylic acids is 1. The van der Waals surface area contributed by atoms with Crippen LogP contribution in [-0.2, 0) is 4.79 Å². The van der Waals surface area contributed by atoms with Crippen molar-refractivity contribution in [2.45, 2.75) is 39.7 Å². The van der Waals surface area contributed by atoms with E-state index in [2.05, 4.69) is 20.4 Å². The second kappa shape index (κ2) is 5.12. The van der Waals surface area contributed by atoms with Crippen molar-refractivity contribution in [1.29, 1.82) is 0 Å². The molecule has 2 aromatic heterocycles. The number of amides is 1. The number of fused-ring (bicyclic) bond motifs is 1. The monoisotopic (exact) mass is 291 g/mol. The molecule has 0 fully saturated rings. The fourth-order valence-electron chi connectivity index (χ4n) is 1.86. The zero-order chi connectivity index (χ0) is 15.8. The number of nitrogens with one attached hydrogen (secondary N) is 1. The van der Waals surface area contributed by atoms with E-state index in [0.717, 1.165) is 11.4 Å². The van der Waals surface area contributed by atoms with Crippen LogP contribution < -0.4 is 5.32 Å². The largest absolute Gasteiger partial charge is 0.480 e. The van der Waals surface area contributed by atoms with Crippen molar-refractivity contribution in [2.24, 2.45) is 0 Å². The Morgan fingerprint density at radius 3 is 2.62 bits per heavy atom. The van der Waals surface area contributed by atoms with Gasteiger partial charge in [0.2, 0.25) is 5.82 Å². The molecule has 0 saturated heterocycles. The summed E-state index contributed by atoms with van der Waals surface area (Å²) in [5, 5.41) is 15.7. The molecular weight excluding hydrogens is 274 g/mol. The Morgan fingerprint density at radius 1 is 1.38 bits per heavy atom. The van der Waals surface area contributed by atoms with Gasteiger partial charge >= 0.3 is 5.97 Å². The maximum atomic E-state index is 12.1.